The third-order valence-electron chi connectivity index (χ3n) is 8.11. The van der Waals surface area contributed by atoms with Crippen molar-refractivity contribution >= 4 is 43.5 Å². The molecule has 0 aliphatic rings. The van der Waals surface area contributed by atoms with E-state index in [1.54, 1.807) is 18.2 Å². The predicted octanol–water partition coefficient (Wildman–Crippen LogP) is 12.6. The molecule has 9 rings (SSSR count). The maximum absolute atomic E-state index is 9.50. The number of hydrogen-bond acceptors (Lipinski definition) is 1. The lowest BCUT2D eigenvalue weighted by Gasteiger charge is -2.18. The van der Waals surface area contributed by atoms with Crippen molar-refractivity contribution in [2.24, 2.45) is 0 Å². The van der Waals surface area contributed by atoms with Crippen molar-refractivity contribution in [3.8, 4) is 44.5 Å². The van der Waals surface area contributed by atoms with Gasteiger partial charge >= 0.3 is 0 Å². The second-order valence-electron chi connectivity index (χ2n) is 10.6. The van der Waals surface area contributed by atoms with Gasteiger partial charge in [0.15, 0.2) is 0 Å². The quantitative estimate of drug-likeness (QED) is 0.187. The molecule has 0 atom stereocenters. The van der Waals surface area contributed by atoms with Gasteiger partial charge in [-0.3, -0.25) is 0 Å². The molecule has 0 unspecified atom stereocenters. The van der Waals surface area contributed by atoms with Crippen LogP contribution in [-0.2, 0) is 0 Å². The molecule has 0 fully saturated rings. The van der Waals surface area contributed by atoms with Gasteiger partial charge in [-0.15, -0.1) is 0 Å². The van der Waals surface area contributed by atoms with Crippen LogP contribution in [0, 0.1) is 0 Å². The van der Waals surface area contributed by atoms with E-state index in [4.69, 9.17) is 22.2 Å². The molecule has 0 saturated heterocycles. The number of benzene rings is 8. The molecule has 0 N–H and O–H groups in total. The molecule has 0 aliphatic carbocycles. The molecule has 8 aromatic carbocycles. The average molecular weight is 587 g/mol. The summed E-state index contributed by atoms with van der Waals surface area (Å²) in [5, 5.41) is 4.23. The van der Waals surface area contributed by atoms with Crippen molar-refractivity contribution in [2.45, 2.75) is 0 Å². The molecule has 0 aliphatic heterocycles. The van der Waals surface area contributed by atoms with Crippen LogP contribution in [0.5, 0.6) is 0 Å². The van der Waals surface area contributed by atoms with Crippen LogP contribution < -0.4 is 0 Å². The Labute approximate surface area is 281 Å². The van der Waals surface area contributed by atoms with Crippen LogP contribution in [0.3, 0.4) is 0 Å². The van der Waals surface area contributed by atoms with Gasteiger partial charge in [0, 0.05) is 10.8 Å². The van der Waals surface area contributed by atoms with Gasteiger partial charge < -0.3 is 4.42 Å². The highest BCUT2D eigenvalue weighted by Gasteiger charge is 2.18. The van der Waals surface area contributed by atoms with Gasteiger partial charge in [0.1, 0.15) is 11.2 Å². The third-order valence-corrected chi connectivity index (χ3v) is 8.11. The Morgan fingerprint density at radius 3 is 1.38 bits per heavy atom. The minimum Gasteiger partial charge on any atom is -0.456 e. The Kier molecular flexibility index (Phi) is 3.50. The molecule has 0 bridgehead atoms. The lowest BCUT2D eigenvalue weighted by atomic mass is 9.85. The first-order valence-corrected chi connectivity index (χ1v) is 14.3. The van der Waals surface area contributed by atoms with Gasteiger partial charge in [-0.2, -0.15) is 0 Å². The molecule has 45 heavy (non-hydrogen) atoms. The SMILES string of the molecule is [2H]c1c([2H])c([2H])c(-c2ccc3c(c2)oc2cc(-c4c5ccccc5c(-c5c([2H])c([2H])c([2H])c(-c6c([2H])c([2H])c([2H])c([2H])c6[2H])c5[2H])c5ccccc45)ccc23)c([2H])c1[2H]. The number of hydrogen-bond donors (Lipinski definition) is 0. The first-order valence-electron chi connectivity index (χ1n) is 21.3. The summed E-state index contributed by atoms with van der Waals surface area (Å²) in [7, 11) is 0. The topological polar surface area (TPSA) is 13.1 Å². The molecular formula is C44H28O. The summed E-state index contributed by atoms with van der Waals surface area (Å²) in [5.74, 6) is 0. The van der Waals surface area contributed by atoms with Crippen LogP contribution >= 0.6 is 0 Å². The second-order valence-corrected chi connectivity index (χ2v) is 10.6. The summed E-state index contributed by atoms with van der Waals surface area (Å²) in [5.41, 5.74) is 2.71. The molecule has 0 saturated carbocycles. The molecule has 210 valence electrons. The molecule has 1 heterocycles. The Morgan fingerprint density at radius 2 is 0.800 bits per heavy atom. The maximum atomic E-state index is 9.50. The lowest BCUT2D eigenvalue weighted by molar-refractivity contribution is 0.669. The van der Waals surface area contributed by atoms with Crippen molar-refractivity contribution in [3.05, 3.63) is 170 Å². The van der Waals surface area contributed by atoms with E-state index in [0.29, 0.717) is 33.1 Å². The van der Waals surface area contributed by atoms with Crippen LogP contribution in [0.4, 0.5) is 0 Å². The Morgan fingerprint density at radius 1 is 0.356 bits per heavy atom. The highest BCUT2D eigenvalue weighted by molar-refractivity contribution is 6.22. The van der Waals surface area contributed by atoms with Crippen molar-refractivity contribution in [1.29, 1.82) is 0 Å². The molecule has 0 spiro atoms. The van der Waals surface area contributed by atoms with Gasteiger partial charge in [0.2, 0.25) is 0 Å². The monoisotopic (exact) mass is 586 g/mol. The van der Waals surface area contributed by atoms with E-state index in [-0.39, 0.29) is 34.3 Å². The normalized spacial score (nSPS) is 15.9. The summed E-state index contributed by atoms with van der Waals surface area (Å²) in [6.07, 6.45) is 0. The highest BCUT2D eigenvalue weighted by Crippen LogP contribution is 2.45. The van der Waals surface area contributed by atoms with E-state index in [0.717, 1.165) is 32.7 Å². The minimum atomic E-state index is -0.640. The van der Waals surface area contributed by atoms with Crippen LogP contribution in [0.1, 0.15) is 19.2 Å². The lowest BCUT2D eigenvalue weighted by Crippen LogP contribution is -1.91. The number of fused-ring (bicyclic) bond motifs is 5. The smallest absolute Gasteiger partial charge is 0.136 e. The zero-order chi connectivity index (χ0) is 41.9. The maximum Gasteiger partial charge on any atom is 0.136 e. The second kappa shape index (κ2) is 10.4. The van der Waals surface area contributed by atoms with Gasteiger partial charge in [-0.05, 0) is 96.4 Å². The van der Waals surface area contributed by atoms with E-state index < -0.39 is 72.5 Å². The van der Waals surface area contributed by atoms with Crippen molar-refractivity contribution in [1.82, 2.24) is 0 Å². The fourth-order valence-electron chi connectivity index (χ4n) is 6.16. The highest BCUT2D eigenvalue weighted by atomic mass is 16.3. The van der Waals surface area contributed by atoms with Crippen molar-refractivity contribution < 1.29 is 23.6 Å². The zero-order valence-electron chi connectivity index (χ0n) is 37.5. The number of rotatable bonds is 4. The largest absolute Gasteiger partial charge is 0.456 e. The molecule has 9 aromatic rings. The molecule has 0 amide bonds. The Bertz CT molecular complexity index is 3220. The third kappa shape index (κ3) is 4.24. The Balaban J connectivity index is 1.29. The summed E-state index contributed by atoms with van der Waals surface area (Å²) in [4.78, 5) is 0. The van der Waals surface area contributed by atoms with Crippen molar-refractivity contribution in [2.75, 3.05) is 0 Å². The molecule has 1 aromatic heterocycles. The van der Waals surface area contributed by atoms with Gasteiger partial charge in [-0.1, -0.05) is 139 Å². The summed E-state index contributed by atoms with van der Waals surface area (Å²) >= 11 is 0. The fourth-order valence-corrected chi connectivity index (χ4v) is 6.16. The van der Waals surface area contributed by atoms with Gasteiger partial charge in [0.05, 0.1) is 19.2 Å². The first kappa shape index (κ1) is 15.2. The van der Waals surface area contributed by atoms with E-state index in [1.807, 2.05) is 66.7 Å². The van der Waals surface area contributed by atoms with Gasteiger partial charge in [0.25, 0.3) is 0 Å². The van der Waals surface area contributed by atoms with Crippen LogP contribution in [0.2, 0.25) is 0 Å². The summed E-state index contributed by atoms with van der Waals surface area (Å²) < 4.78 is 126. The average Bonchev–Trinajstić information content (AvgIpc) is 3.61. The van der Waals surface area contributed by atoms with E-state index >= 15 is 0 Å². The van der Waals surface area contributed by atoms with Crippen LogP contribution in [0.15, 0.2) is 174 Å². The molecule has 0 radical (unpaired) electrons. The minimum absolute atomic E-state index is 0.0191. The van der Waals surface area contributed by atoms with E-state index in [1.165, 1.54) is 0 Å². The van der Waals surface area contributed by atoms with Crippen LogP contribution in [0.25, 0.3) is 88.0 Å². The number of furan rings is 1. The fraction of sp³-hybridized carbons (Fsp3) is 0. The van der Waals surface area contributed by atoms with Gasteiger partial charge in [-0.25, -0.2) is 0 Å². The standard InChI is InChI=1S/C44H28O/c1-3-12-29(13-4-1)31-16-11-17-33(26-31)43-37-18-7-9-20-39(37)44(40-21-10-8-19-38(40)43)34-23-25-36-35-24-22-32(30-14-5-2-6-15-30)27-41(35)45-42(36)28-34/h1-28H/i1D,2D,3D,4D,5D,6D,11D,12D,13D,14D,15D,16D,17D,26D. The van der Waals surface area contributed by atoms with Crippen molar-refractivity contribution in [3.63, 3.8) is 0 Å². The van der Waals surface area contributed by atoms with E-state index in [2.05, 4.69) is 0 Å². The molecular weight excluding hydrogens is 544 g/mol. The summed E-state index contributed by atoms with van der Waals surface area (Å²) in [6.45, 7) is 0. The Hall–Kier alpha value is -5.92. The molecule has 1 heteroatoms. The summed E-state index contributed by atoms with van der Waals surface area (Å²) in [6, 6.07) is 18.7. The first-order chi connectivity index (χ1) is 28.1. The zero-order valence-corrected chi connectivity index (χ0v) is 23.5. The predicted molar refractivity (Wildman–Crippen MR) is 190 cm³/mol. The van der Waals surface area contributed by atoms with Crippen LogP contribution in [-0.4, -0.2) is 0 Å². The van der Waals surface area contributed by atoms with E-state index in [9.17, 15) is 1.37 Å². The molecule has 1 nitrogen and oxygen atoms in total.